The topological polar surface area (TPSA) is 42.1 Å². The van der Waals surface area contributed by atoms with Gasteiger partial charge in [-0.05, 0) is 22.3 Å². The molecule has 2 heterocycles. The minimum absolute atomic E-state index is 0.125. The standard InChI is InChI=1S/C19H17NO3/c21-19(20-9-17-18(10-20)23-17)22-11-16-14-7-3-1-5-12(14)13-6-2-4-8-15(13)16/h1-8,16-18H,9-11H2. The van der Waals surface area contributed by atoms with Crippen LogP contribution in [0.5, 0.6) is 0 Å². The molecule has 0 spiro atoms. The number of hydrogen-bond donors (Lipinski definition) is 0. The number of fused-ring (bicyclic) bond motifs is 4. The number of nitrogens with zero attached hydrogens (tertiary/aromatic N) is 1. The molecule has 0 aromatic heterocycles. The molecule has 2 aliphatic heterocycles. The Morgan fingerprint density at radius 2 is 1.57 bits per heavy atom. The van der Waals surface area contributed by atoms with Gasteiger partial charge < -0.3 is 14.4 Å². The third kappa shape index (κ3) is 2.05. The lowest BCUT2D eigenvalue weighted by atomic mass is 9.98. The Morgan fingerprint density at radius 1 is 1.00 bits per heavy atom. The van der Waals surface area contributed by atoms with E-state index in [2.05, 4.69) is 36.4 Å². The number of carbonyl (C=O) groups excluding carboxylic acids is 1. The highest BCUT2D eigenvalue weighted by atomic mass is 16.6. The number of hydrogen-bond acceptors (Lipinski definition) is 3. The molecule has 4 heteroatoms. The highest BCUT2D eigenvalue weighted by Crippen LogP contribution is 2.44. The van der Waals surface area contributed by atoms with Crippen LogP contribution in [0.25, 0.3) is 11.1 Å². The summed E-state index contributed by atoms with van der Waals surface area (Å²) < 4.78 is 11.0. The van der Waals surface area contributed by atoms with Gasteiger partial charge in [-0.2, -0.15) is 0 Å². The van der Waals surface area contributed by atoms with Gasteiger partial charge in [-0.3, -0.25) is 0 Å². The lowest BCUT2D eigenvalue weighted by Crippen LogP contribution is -2.33. The minimum Gasteiger partial charge on any atom is -0.448 e. The maximum atomic E-state index is 12.2. The second-order valence-corrected chi connectivity index (χ2v) is 6.42. The number of epoxide rings is 1. The van der Waals surface area contributed by atoms with E-state index in [-0.39, 0.29) is 24.2 Å². The molecule has 2 fully saturated rings. The second-order valence-electron chi connectivity index (χ2n) is 6.42. The smallest absolute Gasteiger partial charge is 0.409 e. The zero-order chi connectivity index (χ0) is 15.4. The van der Waals surface area contributed by atoms with Gasteiger partial charge in [0.15, 0.2) is 0 Å². The lowest BCUT2D eigenvalue weighted by molar-refractivity contribution is 0.0936. The first kappa shape index (κ1) is 13.1. The van der Waals surface area contributed by atoms with Gasteiger partial charge in [0.25, 0.3) is 0 Å². The van der Waals surface area contributed by atoms with Gasteiger partial charge in [0.1, 0.15) is 18.8 Å². The summed E-state index contributed by atoms with van der Waals surface area (Å²) in [5.41, 5.74) is 4.99. The first-order valence-electron chi connectivity index (χ1n) is 8.06. The van der Waals surface area contributed by atoms with E-state index in [1.807, 2.05) is 12.1 Å². The molecule has 2 unspecified atom stereocenters. The van der Waals surface area contributed by atoms with Crippen molar-refractivity contribution in [1.29, 1.82) is 0 Å². The van der Waals surface area contributed by atoms with E-state index in [1.54, 1.807) is 4.90 Å². The van der Waals surface area contributed by atoms with Crippen LogP contribution in [0.2, 0.25) is 0 Å². The van der Waals surface area contributed by atoms with Gasteiger partial charge in [-0.25, -0.2) is 4.79 Å². The average Bonchev–Trinajstić information content (AvgIpc) is 3.07. The molecule has 2 saturated heterocycles. The molecule has 1 aliphatic carbocycles. The number of amides is 1. The van der Waals surface area contributed by atoms with E-state index in [4.69, 9.17) is 9.47 Å². The van der Waals surface area contributed by atoms with Crippen molar-refractivity contribution in [3.63, 3.8) is 0 Å². The molecule has 23 heavy (non-hydrogen) atoms. The van der Waals surface area contributed by atoms with Crippen molar-refractivity contribution in [2.24, 2.45) is 0 Å². The summed E-state index contributed by atoms with van der Waals surface area (Å²) in [5.74, 6) is 0.125. The third-order valence-electron chi connectivity index (χ3n) is 5.08. The Morgan fingerprint density at radius 3 is 2.17 bits per heavy atom. The van der Waals surface area contributed by atoms with Crippen LogP contribution >= 0.6 is 0 Å². The number of carbonyl (C=O) groups is 1. The summed E-state index contributed by atoms with van der Waals surface area (Å²) >= 11 is 0. The fourth-order valence-corrected chi connectivity index (χ4v) is 3.84. The molecule has 0 saturated carbocycles. The summed E-state index contributed by atoms with van der Waals surface area (Å²) in [7, 11) is 0. The fourth-order valence-electron chi connectivity index (χ4n) is 3.84. The number of rotatable bonds is 2. The SMILES string of the molecule is O=C(OCC1c2ccccc2-c2ccccc21)N1CC2OC2C1. The molecule has 1 amide bonds. The molecular formula is C19H17NO3. The average molecular weight is 307 g/mol. The molecule has 116 valence electrons. The Labute approximate surface area is 134 Å². The first-order chi connectivity index (χ1) is 11.3. The summed E-state index contributed by atoms with van der Waals surface area (Å²) in [4.78, 5) is 14.0. The normalized spacial score (nSPS) is 24.1. The monoisotopic (exact) mass is 307 g/mol. The third-order valence-corrected chi connectivity index (χ3v) is 5.08. The molecule has 2 aromatic rings. The molecule has 0 N–H and O–H groups in total. The fraction of sp³-hybridized carbons (Fsp3) is 0.316. The van der Waals surface area contributed by atoms with Gasteiger partial charge in [0.2, 0.25) is 0 Å². The second kappa shape index (κ2) is 4.83. The van der Waals surface area contributed by atoms with E-state index >= 15 is 0 Å². The van der Waals surface area contributed by atoms with Crippen LogP contribution in [0.1, 0.15) is 17.0 Å². The van der Waals surface area contributed by atoms with Crippen molar-refractivity contribution >= 4 is 6.09 Å². The zero-order valence-electron chi connectivity index (χ0n) is 12.6. The Kier molecular flexibility index (Phi) is 2.76. The Balaban J connectivity index is 1.37. The van der Waals surface area contributed by atoms with Crippen molar-refractivity contribution in [3.8, 4) is 11.1 Å². The molecule has 2 atom stereocenters. The van der Waals surface area contributed by atoms with E-state index in [1.165, 1.54) is 22.3 Å². The summed E-state index contributed by atoms with van der Waals surface area (Å²) in [6.07, 6.45) is 0.272. The summed E-state index contributed by atoms with van der Waals surface area (Å²) in [5, 5.41) is 0. The predicted octanol–water partition coefficient (Wildman–Crippen LogP) is 3.02. The predicted molar refractivity (Wildman–Crippen MR) is 85.3 cm³/mol. The van der Waals surface area contributed by atoms with Crippen molar-refractivity contribution in [2.45, 2.75) is 18.1 Å². The molecule has 5 rings (SSSR count). The van der Waals surface area contributed by atoms with E-state index < -0.39 is 0 Å². The lowest BCUT2D eigenvalue weighted by Gasteiger charge is -2.19. The van der Waals surface area contributed by atoms with Crippen LogP contribution in [0.3, 0.4) is 0 Å². The first-order valence-corrected chi connectivity index (χ1v) is 8.06. The van der Waals surface area contributed by atoms with Crippen LogP contribution in [0, 0.1) is 0 Å². The Bertz CT molecular complexity index is 732. The summed E-state index contributed by atoms with van der Waals surface area (Å²) in [6.45, 7) is 1.72. The summed E-state index contributed by atoms with van der Waals surface area (Å²) in [6, 6.07) is 16.7. The molecule has 3 aliphatic rings. The molecule has 0 bridgehead atoms. The van der Waals surface area contributed by atoms with E-state index in [9.17, 15) is 4.79 Å². The number of benzene rings is 2. The van der Waals surface area contributed by atoms with E-state index in [0.717, 1.165) is 0 Å². The maximum absolute atomic E-state index is 12.2. The largest absolute Gasteiger partial charge is 0.448 e. The maximum Gasteiger partial charge on any atom is 0.409 e. The van der Waals surface area contributed by atoms with Crippen LogP contribution in [-0.4, -0.2) is 42.9 Å². The highest BCUT2D eigenvalue weighted by Gasteiger charge is 2.49. The quantitative estimate of drug-likeness (QED) is 0.801. The Hall–Kier alpha value is -2.33. The van der Waals surface area contributed by atoms with E-state index in [0.29, 0.717) is 19.7 Å². The minimum atomic E-state index is -0.220. The van der Waals surface area contributed by atoms with Crippen LogP contribution in [0.15, 0.2) is 48.5 Å². The van der Waals surface area contributed by atoms with Crippen LogP contribution < -0.4 is 0 Å². The van der Waals surface area contributed by atoms with Gasteiger partial charge >= 0.3 is 6.09 Å². The van der Waals surface area contributed by atoms with Gasteiger partial charge in [-0.15, -0.1) is 0 Å². The van der Waals surface area contributed by atoms with Gasteiger partial charge in [0.05, 0.1) is 13.1 Å². The van der Waals surface area contributed by atoms with Gasteiger partial charge in [0, 0.05) is 5.92 Å². The van der Waals surface area contributed by atoms with Crippen LogP contribution in [-0.2, 0) is 9.47 Å². The van der Waals surface area contributed by atoms with Crippen LogP contribution in [0.4, 0.5) is 4.79 Å². The zero-order valence-corrected chi connectivity index (χ0v) is 12.6. The van der Waals surface area contributed by atoms with Crippen molar-refractivity contribution in [1.82, 2.24) is 4.90 Å². The van der Waals surface area contributed by atoms with Crippen molar-refractivity contribution in [2.75, 3.05) is 19.7 Å². The number of morpholine rings is 1. The molecule has 0 radical (unpaired) electrons. The molecule has 4 nitrogen and oxygen atoms in total. The highest BCUT2D eigenvalue weighted by molar-refractivity contribution is 5.79. The molecular weight excluding hydrogens is 290 g/mol. The van der Waals surface area contributed by atoms with Gasteiger partial charge in [-0.1, -0.05) is 48.5 Å². The number of ether oxygens (including phenoxy) is 2. The number of likely N-dealkylation sites (tertiary alicyclic amines) is 1. The van der Waals surface area contributed by atoms with Crippen molar-refractivity contribution in [3.05, 3.63) is 59.7 Å². The molecule has 2 aromatic carbocycles. The van der Waals surface area contributed by atoms with Crippen molar-refractivity contribution < 1.29 is 14.3 Å².